The second-order valence-electron chi connectivity index (χ2n) is 4.52. The summed E-state index contributed by atoms with van der Waals surface area (Å²) in [4.78, 5) is 18.4. The fourth-order valence-electron chi connectivity index (χ4n) is 2.42. The molecule has 1 fully saturated rings. The Kier molecular flexibility index (Phi) is 3.43. The molecule has 4 heteroatoms. The molecule has 1 unspecified atom stereocenters. The van der Waals surface area contributed by atoms with Gasteiger partial charge in [-0.1, -0.05) is 13.0 Å². The standard InChI is InChI=1S/C13H19N3O/c1-3-13(8-6-10-15-13)12(17)16(2)11-7-4-5-9-14-11/h4-5,7,9,15H,3,6,8,10H2,1-2H3. The maximum Gasteiger partial charge on any atom is 0.248 e. The van der Waals surface area contributed by atoms with Crippen LogP contribution in [-0.2, 0) is 4.79 Å². The molecule has 92 valence electrons. The maximum absolute atomic E-state index is 12.5. The lowest BCUT2D eigenvalue weighted by atomic mass is 9.92. The molecule has 2 heterocycles. The number of amides is 1. The zero-order valence-corrected chi connectivity index (χ0v) is 10.4. The van der Waals surface area contributed by atoms with Gasteiger partial charge in [0.05, 0.1) is 5.54 Å². The Hall–Kier alpha value is -1.42. The van der Waals surface area contributed by atoms with E-state index in [4.69, 9.17) is 0 Å². The highest BCUT2D eigenvalue weighted by molar-refractivity contribution is 5.99. The minimum Gasteiger partial charge on any atom is -0.303 e. The van der Waals surface area contributed by atoms with E-state index in [9.17, 15) is 4.79 Å². The number of carbonyl (C=O) groups is 1. The Morgan fingerprint density at radius 2 is 2.41 bits per heavy atom. The predicted molar refractivity (Wildman–Crippen MR) is 67.9 cm³/mol. The quantitative estimate of drug-likeness (QED) is 0.862. The van der Waals surface area contributed by atoms with Crippen LogP contribution in [0.25, 0.3) is 0 Å². The van der Waals surface area contributed by atoms with Crippen LogP contribution in [0, 0.1) is 0 Å². The second-order valence-corrected chi connectivity index (χ2v) is 4.52. The minimum absolute atomic E-state index is 0.121. The molecule has 0 saturated carbocycles. The summed E-state index contributed by atoms with van der Waals surface area (Å²) in [6.45, 7) is 2.98. The van der Waals surface area contributed by atoms with Crippen molar-refractivity contribution in [2.24, 2.45) is 0 Å². The van der Waals surface area contributed by atoms with E-state index >= 15 is 0 Å². The fraction of sp³-hybridized carbons (Fsp3) is 0.538. The van der Waals surface area contributed by atoms with Crippen molar-refractivity contribution < 1.29 is 4.79 Å². The van der Waals surface area contributed by atoms with E-state index in [1.165, 1.54) is 0 Å². The van der Waals surface area contributed by atoms with Gasteiger partial charge in [0.15, 0.2) is 0 Å². The molecule has 1 aliphatic rings. The van der Waals surface area contributed by atoms with E-state index in [2.05, 4.69) is 17.2 Å². The summed E-state index contributed by atoms with van der Waals surface area (Å²) in [5.41, 5.74) is -0.383. The van der Waals surface area contributed by atoms with E-state index in [1.807, 2.05) is 18.2 Å². The first-order valence-corrected chi connectivity index (χ1v) is 6.14. The van der Waals surface area contributed by atoms with Gasteiger partial charge in [-0.25, -0.2) is 4.98 Å². The number of pyridine rings is 1. The van der Waals surface area contributed by atoms with E-state index < -0.39 is 0 Å². The third-order valence-electron chi connectivity index (χ3n) is 3.55. The Labute approximate surface area is 102 Å². The number of carbonyl (C=O) groups excluding carboxylic acids is 1. The first kappa shape index (κ1) is 12.0. The van der Waals surface area contributed by atoms with Crippen molar-refractivity contribution in [1.82, 2.24) is 10.3 Å². The summed E-state index contributed by atoms with van der Waals surface area (Å²) in [6.07, 6.45) is 4.51. The van der Waals surface area contributed by atoms with Gasteiger partial charge < -0.3 is 5.32 Å². The first-order chi connectivity index (χ1) is 8.19. The highest BCUT2D eigenvalue weighted by Crippen LogP contribution is 2.26. The lowest BCUT2D eigenvalue weighted by molar-refractivity contribution is -0.124. The zero-order chi connectivity index (χ0) is 12.3. The van der Waals surface area contributed by atoms with Gasteiger partial charge in [-0.3, -0.25) is 9.69 Å². The van der Waals surface area contributed by atoms with E-state index in [0.29, 0.717) is 5.82 Å². The number of likely N-dealkylation sites (N-methyl/N-ethyl adjacent to an activating group) is 1. The third kappa shape index (κ3) is 2.17. The number of nitrogens with zero attached hydrogens (tertiary/aromatic N) is 2. The van der Waals surface area contributed by atoms with Crippen LogP contribution in [0.15, 0.2) is 24.4 Å². The van der Waals surface area contributed by atoms with Gasteiger partial charge in [0.25, 0.3) is 0 Å². The molecule has 1 saturated heterocycles. The summed E-state index contributed by atoms with van der Waals surface area (Å²) in [7, 11) is 1.79. The lowest BCUT2D eigenvalue weighted by Gasteiger charge is -2.31. The van der Waals surface area contributed by atoms with Crippen LogP contribution in [0.5, 0.6) is 0 Å². The highest BCUT2D eigenvalue weighted by Gasteiger charge is 2.41. The van der Waals surface area contributed by atoms with Crippen LogP contribution in [-0.4, -0.2) is 30.0 Å². The highest BCUT2D eigenvalue weighted by atomic mass is 16.2. The van der Waals surface area contributed by atoms with Crippen molar-refractivity contribution in [1.29, 1.82) is 0 Å². The van der Waals surface area contributed by atoms with Gasteiger partial charge in [0, 0.05) is 13.2 Å². The number of nitrogens with one attached hydrogen (secondary N) is 1. The van der Waals surface area contributed by atoms with E-state index in [1.54, 1.807) is 18.1 Å². The van der Waals surface area contributed by atoms with Gasteiger partial charge in [0.2, 0.25) is 5.91 Å². The van der Waals surface area contributed by atoms with Crippen LogP contribution < -0.4 is 10.2 Å². The molecule has 17 heavy (non-hydrogen) atoms. The van der Waals surface area contributed by atoms with E-state index in [-0.39, 0.29) is 11.4 Å². The third-order valence-corrected chi connectivity index (χ3v) is 3.55. The molecule has 1 aromatic rings. The van der Waals surface area contributed by atoms with Gasteiger partial charge in [-0.05, 0) is 37.9 Å². The summed E-state index contributed by atoms with van der Waals surface area (Å²) >= 11 is 0. The van der Waals surface area contributed by atoms with Crippen LogP contribution in [0.2, 0.25) is 0 Å². The Bertz CT molecular complexity index is 385. The van der Waals surface area contributed by atoms with Crippen molar-refractivity contribution in [2.75, 3.05) is 18.5 Å². The first-order valence-electron chi connectivity index (χ1n) is 6.14. The van der Waals surface area contributed by atoms with E-state index in [0.717, 1.165) is 25.8 Å². The van der Waals surface area contributed by atoms with Crippen molar-refractivity contribution in [3.8, 4) is 0 Å². The Balaban J connectivity index is 2.19. The molecular weight excluding hydrogens is 214 g/mol. The van der Waals surface area contributed by atoms with Crippen LogP contribution in [0.3, 0.4) is 0 Å². The monoisotopic (exact) mass is 233 g/mol. The van der Waals surface area contributed by atoms with Crippen molar-refractivity contribution in [3.05, 3.63) is 24.4 Å². The van der Waals surface area contributed by atoms with Gasteiger partial charge >= 0.3 is 0 Å². The van der Waals surface area contributed by atoms with Crippen LogP contribution in [0.4, 0.5) is 5.82 Å². The number of hydrogen-bond acceptors (Lipinski definition) is 3. The van der Waals surface area contributed by atoms with Crippen LogP contribution in [0.1, 0.15) is 26.2 Å². The number of aromatic nitrogens is 1. The van der Waals surface area contributed by atoms with Crippen LogP contribution >= 0.6 is 0 Å². The molecule has 1 atom stereocenters. The molecule has 1 aliphatic heterocycles. The largest absolute Gasteiger partial charge is 0.303 e. The van der Waals surface area contributed by atoms with Crippen molar-refractivity contribution in [3.63, 3.8) is 0 Å². The number of hydrogen-bond donors (Lipinski definition) is 1. The smallest absolute Gasteiger partial charge is 0.248 e. The summed E-state index contributed by atoms with van der Waals surface area (Å²) < 4.78 is 0. The molecule has 2 rings (SSSR count). The van der Waals surface area contributed by atoms with Crippen molar-refractivity contribution in [2.45, 2.75) is 31.7 Å². The molecule has 1 N–H and O–H groups in total. The average molecular weight is 233 g/mol. The Morgan fingerprint density at radius 3 is 2.94 bits per heavy atom. The predicted octanol–water partition coefficient (Wildman–Crippen LogP) is 1.58. The Morgan fingerprint density at radius 1 is 1.59 bits per heavy atom. The lowest BCUT2D eigenvalue weighted by Crippen LogP contribution is -2.53. The second kappa shape index (κ2) is 4.84. The number of anilines is 1. The topological polar surface area (TPSA) is 45.2 Å². The minimum atomic E-state index is -0.383. The molecule has 4 nitrogen and oxygen atoms in total. The molecule has 0 aliphatic carbocycles. The summed E-state index contributed by atoms with van der Waals surface area (Å²) in [5, 5.41) is 3.35. The summed E-state index contributed by atoms with van der Waals surface area (Å²) in [5.74, 6) is 0.829. The van der Waals surface area contributed by atoms with Gasteiger partial charge in [-0.2, -0.15) is 0 Å². The zero-order valence-electron chi connectivity index (χ0n) is 10.4. The number of rotatable bonds is 3. The molecule has 1 aromatic heterocycles. The maximum atomic E-state index is 12.5. The average Bonchev–Trinajstić information content (AvgIpc) is 2.88. The molecule has 1 amide bonds. The molecule has 0 aromatic carbocycles. The van der Waals surface area contributed by atoms with Crippen molar-refractivity contribution >= 4 is 11.7 Å². The fourth-order valence-corrected chi connectivity index (χ4v) is 2.42. The summed E-state index contributed by atoms with van der Waals surface area (Å²) in [6, 6.07) is 5.61. The molecule has 0 bridgehead atoms. The normalized spacial score (nSPS) is 23.6. The molecule has 0 spiro atoms. The van der Waals surface area contributed by atoms with Gasteiger partial charge in [0.1, 0.15) is 5.82 Å². The van der Waals surface area contributed by atoms with Gasteiger partial charge in [-0.15, -0.1) is 0 Å². The molecule has 0 radical (unpaired) electrons. The molecular formula is C13H19N3O. The SMILES string of the molecule is CCC1(C(=O)N(C)c2ccccn2)CCCN1.